The van der Waals surface area contributed by atoms with E-state index in [4.69, 9.17) is 21.1 Å². The topological polar surface area (TPSA) is 56.3 Å². The van der Waals surface area contributed by atoms with Gasteiger partial charge in [-0.25, -0.2) is 9.97 Å². The van der Waals surface area contributed by atoms with Crippen molar-refractivity contribution in [1.29, 1.82) is 0 Å². The first-order chi connectivity index (χ1) is 8.74. The van der Waals surface area contributed by atoms with Gasteiger partial charge in [0.15, 0.2) is 0 Å². The number of aromatic nitrogens is 2. The molecule has 6 heteroatoms. The van der Waals surface area contributed by atoms with Crippen molar-refractivity contribution in [3.05, 3.63) is 17.0 Å². The van der Waals surface area contributed by atoms with Crippen LogP contribution in [-0.4, -0.2) is 43.4 Å². The normalized spacial score (nSPS) is 10.6. The minimum absolute atomic E-state index is 0.269. The Labute approximate surface area is 113 Å². The number of hydrogen-bond acceptors (Lipinski definition) is 5. The average Bonchev–Trinajstić information content (AvgIpc) is 2.36. The fraction of sp³-hybridized carbons (Fsp3) is 0.667. The summed E-state index contributed by atoms with van der Waals surface area (Å²) in [5, 5.41) is 3.51. The molecule has 0 aliphatic carbocycles. The van der Waals surface area contributed by atoms with Crippen molar-refractivity contribution in [2.75, 3.05) is 38.8 Å². The largest absolute Gasteiger partial charge is 0.382 e. The minimum atomic E-state index is 0.269. The Morgan fingerprint density at radius 1 is 1.28 bits per heavy atom. The van der Waals surface area contributed by atoms with Crippen LogP contribution in [0.5, 0.6) is 0 Å². The third-order valence-electron chi connectivity index (χ3n) is 2.38. The van der Waals surface area contributed by atoms with Gasteiger partial charge in [-0.05, 0) is 31.4 Å². The number of methoxy groups -OCH3 is 1. The zero-order valence-corrected chi connectivity index (χ0v) is 11.7. The van der Waals surface area contributed by atoms with Gasteiger partial charge in [0, 0.05) is 32.0 Å². The molecule has 0 atom stereocenters. The zero-order valence-electron chi connectivity index (χ0n) is 10.9. The Kier molecular flexibility index (Phi) is 7.64. The molecule has 0 bridgehead atoms. The van der Waals surface area contributed by atoms with Gasteiger partial charge in [0.25, 0.3) is 0 Å². The smallest absolute Gasteiger partial charge is 0.224 e. The number of aryl methyl sites for hydroxylation is 1. The van der Waals surface area contributed by atoms with Gasteiger partial charge in [0.05, 0.1) is 13.2 Å². The third kappa shape index (κ3) is 6.14. The van der Waals surface area contributed by atoms with E-state index in [1.54, 1.807) is 13.3 Å². The maximum atomic E-state index is 5.73. The van der Waals surface area contributed by atoms with Gasteiger partial charge >= 0.3 is 0 Å². The van der Waals surface area contributed by atoms with Crippen molar-refractivity contribution in [1.82, 2.24) is 9.97 Å². The standard InChI is InChI=1S/C12H20ClN3O2/c1-10-9-15-12(13)16-11(10)14-5-3-4-6-18-8-7-17-2/h9H,3-8H2,1-2H3,(H,14,15,16). The van der Waals surface area contributed by atoms with E-state index in [2.05, 4.69) is 15.3 Å². The molecule has 0 unspecified atom stereocenters. The van der Waals surface area contributed by atoms with Gasteiger partial charge < -0.3 is 14.8 Å². The first-order valence-corrected chi connectivity index (χ1v) is 6.41. The van der Waals surface area contributed by atoms with Gasteiger partial charge in [-0.1, -0.05) is 0 Å². The van der Waals surface area contributed by atoms with Gasteiger partial charge in [-0.3, -0.25) is 0 Å². The maximum absolute atomic E-state index is 5.73. The second-order valence-corrected chi connectivity index (χ2v) is 4.25. The molecule has 1 aromatic rings. The summed E-state index contributed by atoms with van der Waals surface area (Å²) in [7, 11) is 1.67. The molecule has 1 rings (SSSR count). The first kappa shape index (κ1) is 15.1. The number of halogens is 1. The van der Waals surface area contributed by atoms with Crippen LogP contribution in [0.2, 0.25) is 5.28 Å². The summed E-state index contributed by atoms with van der Waals surface area (Å²) in [6, 6.07) is 0. The lowest BCUT2D eigenvalue weighted by Crippen LogP contribution is -2.08. The van der Waals surface area contributed by atoms with Crippen molar-refractivity contribution < 1.29 is 9.47 Å². The molecule has 0 radical (unpaired) electrons. The van der Waals surface area contributed by atoms with Crippen LogP contribution in [0.25, 0.3) is 0 Å². The molecular weight excluding hydrogens is 254 g/mol. The van der Waals surface area contributed by atoms with Crippen molar-refractivity contribution in [2.45, 2.75) is 19.8 Å². The van der Waals surface area contributed by atoms with E-state index < -0.39 is 0 Å². The lowest BCUT2D eigenvalue weighted by Gasteiger charge is -2.08. The van der Waals surface area contributed by atoms with Gasteiger partial charge in [-0.2, -0.15) is 0 Å². The van der Waals surface area contributed by atoms with Crippen LogP contribution in [0, 0.1) is 6.92 Å². The Hall–Kier alpha value is -0.910. The maximum Gasteiger partial charge on any atom is 0.224 e. The quantitative estimate of drug-likeness (QED) is 0.553. The summed E-state index contributed by atoms with van der Waals surface area (Å²) in [4.78, 5) is 8.03. The first-order valence-electron chi connectivity index (χ1n) is 6.03. The van der Waals surface area contributed by atoms with Crippen LogP contribution in [0.1, 0.15) is 18.4 Å². The molecule has 0 spiro atoms. The Balaban J connectivity index is 2.09. The summed E-state index contributed by atoms with van der Waals surface area (Å²) in [6.07, 6.45) is 3.74. The van der Waals surface area contributed by atoms with Crippen LogP contribution in [0.3, 0.4) is 0 Å². The highest BCUT2D eigenvalue weighted by Crippen LogP contribution is 2.12. The molecule has 0 fully saturated rings. The highest BCUT2D eigenvalue weighted by atomic mass is 35.5. The highest BCUT2D eigenvalue weighted by Gasteiger charge is 2.01. The molecule has 0 aliphatic heterocycles. The predicted molar refractivity (Wildman–Crippen MR) is 72.2 cm³/mol. The van der Waals surface area contributed by atoms with Crippen LogP contribution in [0.15, 0.2) is 6.20 Å². The lowest BCUT2D eigenvalue weighted by atomic mass is 10.3. The van der Waals surface area contributed by atoms with Crippen LogP contribution in [0.4, 0.5) is 5.82 Å². The number of nitrogens with one attached hydrogen (secondary N) is 1. The van der Waals surface area contributed by atoms with Crippen LogP contribution in [-0.2, 0) is 9.47 Å². The Morgan fingerprint density at radius 2 is 2.11 bits per heavy atom. The lowest BCUT2D eigenvalue weighted by molar-refractivity contribution is 0.0691. The summed E-state index contributed by atoms with van der Waals surface area (Å²) in [6.45, 7) is 4.87. The number of anilines is 1. The summed E-state index contributed by atoms with van der Waals surface area (Å²) in [5.74, 6) is 0.801. The van der Waals surface area contributed by atoms with Crippen molar-refractivity contribution in [2.24, 2.45) is 0 Å². The second-order valence-electron chi connectivity index (χ2n) is 3.91. The van der Waals surface area contributed by atoms with Gasteiger partial charge in [0.2, 0.25) is 5.28 Å². The molecule has 18 heavy (non-hydrogen) atoms. The molecule has 0 saturated carbocycles. The second kappa shape index (κ2) is 9.08. The van der Waals surface area contributed by atoms with E-state index in [1.165, 1.54) is 0 Å². The molecule has 0 aliphatic rings. The van der Waals surface area contributed by atoms with Crippen molar-refractivity contribution >= 4 is 17.4 Å². The van der Waals surface area contributed by atoms with Crippen molar-refractivity contribution in [3.8, 4) is 0 Å². The SMILES string of the molecule is COCCOCCCCNc1nc(Cl)ncc1C. The van der Waals surface area contributed by atoms with Gasteiger partial charge in [0.1, 0.15) is 5.82 Å². The Bertz CT molecular complexity index is 350. The number of nitrogens with zero attached hydrogens (tertiary/aromatic N) is 2. The minimum Gasteiger partial charge on any atom is -0.382 e. The average molecular weight is 274 g/mol. The monoisotopic (exact) mass is 273 g/mol. The molecule has 5 nitrogen and oxygen atoms in total. The molecule has 102 valence electrons. The van der Waals surface area contributed by atoms with Crippen LogP contribution < -0.4 is 5.32 Å². The third-order valence-corrected chi connectivity index (χ3v) is 2.56. The van der Waals surface area contributed by atoms with Crippen LogP contribution >= 0.6 is 11.6 Å². The van der Waals surface area contributed by atoms with E-state index in [0.717, 1.165) is 37.4 Å². The molecule has 1 N–H and O–H groups in total. The number of hydrogen-bond donors (Lipinski definition) is 1. The highest BCUT2D eigenvalue weighted by molar-refractivity contribution is 6.28. The van der Waals surface area contributed by atoms with Gasteiger partial charge in [-0.15, -0.1) is 0 Å². The molecular formula is C12H20ClN3O2. The fourth-order valence-corrected chi connectivity index (χ4v) is 1.51. The molecule has 0 aromatic carbocycles. The summed E-state index contributed by atoms with van der Waals surface area (Å²) < 4.78 is 10.3. The molecule has 0 amide bonds. The predicted octanol–water partition coefficient (Wildman–Crippen LogP) is 2.29. The Morgan fingerprint density at radius 3 is 2.89 bits per heavy atom. The van der Waals surface area contributed by atoms with E-state index in [9.17, 15) is 0 Å². The number of rotatable bonds is 9. The molecule has 0 saturated heterocycles. The van der Waals surface area contributed by atoms with Crippen molar-refractivity contribution in [3.63, 3.8) is 0 Å². The van der Waals surface area contributed by atoms with E-state index >= 15 is 0 Å². The van der Waals surface area contributed by atoms with E-state index in [1.807, 2.05) is 6.92 Å². The summed E-state index contributed by atoms with van der Waals surface area (Å²) in [5.41, 5.74) is 0.996. The van der Waals surface area contributed by atoms with E-state index in [-0.39, 0.29) is 5.28 Å². The zero-order chi connectivity index (χ0) is 13.2. The fourth-order valence-electron chi connectivity index (χ4n) is 1.38. The molecule has 1 aromatic heterocycles. The number of ether oxygens (including phenoxy) is 2. The molecule has 1 heterocycles. The van der Waals surface area contributed by atoms with E-state index in [0.29, 0.717) is 13.2 Å². The number of unbranched alkanes of at least 4 members (excludes halogenated alkanes) is 1. The summed E-state index contributed by atoms with van der Waals surface area (Å²) >= 11 is 5.73.